The van der Waals surface area contributed by atoms with Gasteiger partial charge in [-0.3, -0.25) is 19.5 Å². The number of pyridine rings is 1. The highest BCUT2D eigenvalue weighted by Gasteiger charge is 2.71. The Morgan fingerprint density at radius 3 is 2.64 bits per heavy atom. The Kier molecular flexibility index (Phi) is 5.75. The van der Waals surface area contributed by atoms with E-state index in [1.807, 2.05) is 0 Å². The minimum atomic E-state index is -0.810. The van der Waals surface area contributed by atoms with Crippen molar-refractivity contribution in [3.63, 3.8) is 0 Å². The Balaban J connectivity index is 1.14. The molecular weight excluding hydrogens is 509 g/mol. The number of nitriles is 1. The SMILES string of the molecule is CC(=O)OCC(=O)N1C[C@@H]2[C@H](C1)C2(C#N)c1ccc(-c2ccc(N3CC(n4ccnn4)OC3=O)cc2F)cn1. The lowest BCUT2D eigenvalue weighted by Crippen LogP contribution is -2.37. The fourth-order valence-electron chi connectivity index (χ4n) is 5.56. The molecule has 198 valence electrons. The van der Waals surface area contributed by atoms with Crippen LogP contribution in [0.15, 0.2) is 48.9 Å². The third kappa shape index (κ3) is 4.04. The van der Waals surface area contributed by atoms with Crippen molar-refractivity contribution in [3.8, 4) is 17.2 Å². The molecule has 1 aliphatic carbocycles. The lowest BCUT2D eigenvalue weighted by Gasteiger charge is -2.22. The molecule has 2 aliphatic heterocycles. The van der Waals surface area contributed by atoms with Gasteiger partial charge < -0.3 is 14.4 Å². The van der Waals surface area contributed by atoms with Crippen LogP contribution >= 0.6 is 0 Å². The van der Waals surface area contributed by atoms with Crippen LogP contribution in [0.5, 0.6) is 0 Å². The van der Waals surface area contributed by atoms with Gasteiger partial charge >= 0.3 is 12.1 Å². The lowest BCUT2D eigenvalue weighted by molar-refractivity contribution is -0.150. The number of esters is 1. The summed E-state index contributed by atoms with van der Waals surface area (Å²) >= 11 is 0. The molecule has 2 unspecified atom stereocenters. The van der Waals surface area contributed by atoms with Crippen LogP contribution in [0.25, 0.3) is 11.1 Å². The summed E-state index contributed by atoms with van der Waals surface area (Å²) < 4.78 is 26.7. The molecular formula is C26H22FN7O5. The molecule has 12 nitrogen and oxygen atoms in total. The van der Waals surface area contributed by atoms with E-state index in [1.165, 1.54) is 35.0 Å². The average Bonchev–Trinajstić information content (AvgIpc) is 3.46. The first-order chi connectivity index (χ1) is 18.8. The largest absolute Gasteiger partial charge is 0.456 e. The van der Waals surface area contributed by atoms with Crippen molar-refractivity contribution in [2.75, 3.05) is 31.1 Å². The molecule has 39 heavy (non-hydrogen) atoms. The van der Waals surface area contributed by atoms with Crippen molar-refractivity contribution in [1.29, 1.82) is 5.26 Å². The van der Waals surface area contributed by atoms with Crippen LogP contribution in [-0.4, -0.2) is 69.1 Å². The number of halogens is 1. The maximum absolute atomic E-state index is 15.2. The van der Waals surface area contributed by atoms with E-state index in [1.54, 1.807) is 35.4 Å². The van der Waals surface area contributed by atoms with Crippen LogP contribution in [-0.2, 0) is 24.5 Å². The van der Waals surface area contributed by atoms with Gasteiger partial charge in [-0.25, -0.2) is 13.9 Å². The maximum atomic E-state index is 15.2. The van der Waals surface area contributed by atoms with Gasteiger partial charge in [0.05, 0.1) is 30.2 Å². The van der Waals surface area contributed by atoms with Crippen molar-refractivity contribution in [2.24, 2.45) is 11.8 Å². The number of hydrogen-bond acceptors (Lipinski definition) is 9. The molecule has 2 amide bonds. The molecule has 0 bridgehead atoms. The van der Waals surface area contributed by atoms with Gasteiger partial charge in [0.15, 0.2) is 6.61 Å². The third-order valence-electron chi connectivity index (χ3n) is 7.61. The zero-order valence-electron chi connectivity index (χ0n) is 20.7. The Labute approximate surface area is 221 Å². The molecule has 4 heterocycles. The van der Waals surface area contributed by atoms with Crippen molar-refractivity contribution >= 4 is 23.7 Å². The summed E-state index contributed by atoms with van der Waals surface area (Å²) in [4.78, 5) is 43.0. The van der Waals surface area contributed by atoms with E-state index in [0.29, 0.717) is 35.6 Å². The fourth-order valence-corrected chi connectivity index (χ4v) is 5.56. The molecule has 3 aromatic rings. The van der Waals surface area contributed by atoms with Gasteiger partial charge in [-0.15, -0.1) is 5.10 Å². The molecule has 0 radical (unpaired) electrons. The molecule has 0 N–H and O–H groups in total. The van der Waals surface area contributed by atoms with E-state index >= 15 is 4.39 Å². The van der Waals surface area contributed by atoms with Crippen LogP contribution in [0.1, 0.15) is 18.8 Å². The molecule has 1 saturated carbocycles. The second-order valence-electron chi connectivity index (χ2n) is 9.70. The Hall–Kier alpha value is -4.86. The van der Waals surface area contributed by atoms with Crippen LogP contribution in [0.4, 0.5) is 14.9 Å². The zero-order valence-corrected chi connectivity index (χ0v) is 20.7. The summed E-state index contributed by atoms with van der Waals surface area (Å²) in [6.07, 6.45) is 3.30. The summed E-state index contributed by atoms with van der Waals surface area (Å²) in [5.74, 6) is -1.49. The highest BCUT2D eigenvalue weighted by molar-refractivity contribution is 5.90. The van der Waals surface area contributed by atoms with Gasteiger partial charge in [-0.1, -0.05) is 11.3 Å². The number of fused-ring (bicyclic) bond motifs is 1. The van der Waals surface area contributed by atoms with Crippen LogP contribution in [0.3, 0.4) is 0 Å². The predicted molar refractivity (Wildman–Crippen MR) is 130 cm³/mol. The monoisotopic (exact) mass is 531 g/mol. The number of amides is 2. The molecule has 2 saturated heterocycles. The van der Waals surface area contributed by atoms with Crippen molar-refractivity contribution in [1.82, 2.24) is 24.9 Å². The van der Waals surface area contributed by atoms with Crippen molar-refractivity contribution < 1.29 is 28.2 Å². The maximum Gasteiger partial charge on any atom is 0.416 e. The molecule has 6 rings (SSSR count). The van der Waals surface area contributed by atoms with Crippen LogP contribution < -0.4 is 4.90 Å². The summed E-state index contributed by atoms with van der Waals surface area (Å²) in [5, 5.41) is 17.6. The second kappa shape index (κ2) is 9.16. The van der Waals surface area contributed by atoms with Gasteiger partial charge in [0, 0.05) is 55.4 Å². The Bertz CT molecular complexity index is 1490. The number of rotatable bonds is 6. The second-order valence-corrected chi connectivity index (χ2v) is 9.70. The molecule has 4 atom stereocenters. The minimum Gasteiger partial charge on any atom is -0.456 e. The highest BCUT2D eigenvalue weighted by Crippen LogP contribution is 2.62. The number of cyclic esters (lactones) is 1. The summed E-state index contributed by atoms with van der Waals surface area (Å²) in [6, 6.07) is 10.3. The lowest BCUT2D eigenvalue weighted by atomic mass is 9.95. The highest BCUT2D eigenvalue weighted by atomic mass is 19.1. The first-order valence-electron chi connectivity index (χ1n) is 12.2. The van der Waals surface area contributed by atoms with Gasteiger partial charge in [0.1, 0.15) is 11.2 Å². The first-order valence-corrected chi connectivity index (χ1v) is 12.2. The molecule has 3 aliphatic rings. The number of ether oxygens (including phenoxy) is 2. The van der Waals surface area contributed by atoms with Crippen LogP contribution in [0, 0.1) is 29.0 Å². The number of piperidine rings is 1. The topological polar surface area (TPSA) is 144 Å². The average molecular weight is 532 g/mol. The van der Waals surface area contributed by atoms with E-state index in [2.05, 4.69) is 21.4 Å². The first kappa shape index (κ1) is 24.5. The summed E-state index contributed by atoms with van der Waals surface area (Å²) in [7, 11) is 0. The molecule has 3 fully saturated rings. The van der Waals surface area contributed by atoms with Gasteiger partial charge in [-0.05, 0) is 24.3 Å². The standard InChI is InChI=1S/C26H22FN7O5/c1-15(35)38-13-23(36)32-10-19-20(11-32)26(19,14-28)22-5-2-16(9-29-22)18-4-3-17(8-21(18)27)33-12-24(39-25(33)37)34-7-6-30-31-34/h2-9,19-20,24H,10-13H2,1H3/t19-,20+,24?,26?. The Morgan fingerprint density at radius 1 is 1.23 bits per heavy atom. The number of aromatic nitrogens is 4. The van der Waals surface area contributed by atoms with Crippen LogP contribution in [0.2, 0.25) is 0 Å². The minimum absolute atomic E-state index is 0.0697. The molecule has 13 heteroatoms. The number of benzene rings is 1. The summed E-state index contributed by atoms with van der Waals surface area (Å²) in [6.45, 7) is 1.85. The predicted octanol–water partition coefficient (Wildman–Crippen LogP) is 2.05. The number of carbonyl (C=O) groups excluding carboxylic acids is 3. The number of likely N-dealkylation sites (tertiary alicyclic amines) is 1. The van der Waals surface area contributed by atoms with Gasteiger partial charge in [-0.2, -0.15) is 5.26 Å². The Morgan fingerprint density at radius 2 is 2.03 bits per heavy atom. The van der Waals surface area contributed by atoms with E-state index < -0.39 is 29.5 Å². The number of hydrogen-bond donors (Lipinski definition) is 0. The van der Waals surface area contributed by atoms with E-state index in [0.717, 1.165) is 0 Å². The van der Waals surface area contributed by atoms with E-state index in [9.17, 15) is 19.6 Å². The van der Waals surface area contributed by atoms with Crippen molar-refractivity contribution in [3.05, 3.63) is 60.4 Å². The quantitative estimate of drug-likeness (QED) is 0.437. The molecule has 2 aromatic heterocycles. The smallest absolute Gasteiger partial charge is 0.416 e. The zero-order chi connectivity index (χ0) is 27.3. The van der Waals surface area contributed by atoms with Gasteiger partial charge in [0.2, 0.25) is 6.23 Å². The summed E-state index contributed by atoms with van der Waals surface area (Å²) in [5.41, 5.74) is 0.921. The number of nitrogens with zero attached hydrogens (tertiary/aromatic N) is 7. The normalized spacial score (nSPS) is 25.2. The third-order valence-corrected chi connectivity index (χ3v) is 7.61. The van der Waals surface area contributed by atoms with E-state index in [4.69, 9.17) is 9.47 Å². The molecule has 1 aromatic carbocycles. The number of anilines is 1. The van der Waals surface area contributed by atoms with Gasteiger partial charge in [0.25, 0.3) is 5.91 Å². The van der Waals surface area contributed by atoms with E-state index in [-0.39, 0.29) is 30.9 Å². The van der Waals surface area contributed by atoms with Crippen molar-refractivity contribution in [2.45, 2.75) is 18.6 Å². The molecule has 0 spiro atoms. The fraction of sp³-hybridized carbons (Fsp3) is 0.346. The number of carbonyl (C=O) groups is 3.